The first-order valence-corrected chi connectivity index (χ1v) is 14.8. The van der Waals surface area contributed by atoms with Gasteiger partial charge in [-0.05, 0) is 85.3 Å². The molecule has 1 N–H and O–H groups in total. The molecule has 5 nitrogen and oxygen atoms in total. The molecule has 222 valence electrons. The normalized spacial score (nSPS) is 12.2. The number of carbonyl (C=O) groups excluding carboxylic acids is 2. The number of alkyl halides is 3. The topological polar surface area (TPSA) is 64.6 Å². The Balaban J connectivity index is 1.79. The van der Waals surface area contributed by atoms with Crippen LogP contribution in [0.1, 0.15) is 89.2 Å². The molecule has 0 aliphatic rings. The molecule has 0 spiro atoms. The second kappa shape index (κ2) is 15.1. The van der Waals surface area contributed by atoms with Gasteiger partial charge in [-0.3, -0.25) is 9.59 Å². The maximum absolute atomic E-state index is 13.0. The minimum Gasteiger partial charge on any atom is -0.485 e. The number of thiophene rings is 1. The van der Waals surface area contributed by atoms with E-state index in [1.54, 1.807) is 6.07 Å². The minimum atomic E-state index is -4.38. The summed E-state index contributed by atoms with van der Waals surface area (Å²) < 4.78 is 50.2. The predicted molar refractivity (Wildman–Crippen MR) is 156 cm³/mol. The van der Waals surface area contributed by atoms with Crippen LogP contribution in [0.4, 0.5) is 13.2 Å². The molecule has 0 bridgehead atoms. The number of halogens is 3. The number of aryl methyl sites for hydroxylation is 2. The summed E-state index contributed by atoms with van der Waals surface area (Å²) in [6, 6.07) is 12.7. The molecule has 2 aromatic carbocycles. The fourth-order valence-corrected chi connectivity index (χ4v) is 5.73. The smallest absolute Gasteiger partial charge is 0.416 e. The second-order valence-corrected chi connectivity index (χ2v) is 11.2. The van der Waals surface area contributed by atoms with E-state index in [4.69, 9.17) is 4.74 Å². The van der Waals surface area contributed by atoms with Gasteiger partial charge in [-0.2, -0.15) is 13.2 Å². The van der Waals surface area contributed by atoms with Crippen molar-refractivity contribution in [3.8, 4) is 16.9 Å². The average Bonchev–Trinajstić information content (AvgIpc) is 3.42. The zero-order valence-electron chi connectivity index (χ0n) is 24.0. The Bertz CT molecular complexity index is 1280. The number of carbonyl (C=O) groups is 2. The maximum atomic E-state index is 13.0. The van der Waals surface area contributed by atoms with Gasteiger partial charge >= 0.3 is 12.1 Å². The summed E-state index contributed by atoms with van der Waals surface area (Å²) in [6.45, 7) is 6.22. The summed E-state index contributed by atoms with van der Waals surface area (Å²) >= 11 is 1.37. The lowest BCUT2D eigenvalue weighted by molar-refractivity contribution is -0.140. The Hall–Kier alpha value is -3.33. The molecule has 3 aromatic rings. The number of amides is 1. The highest BCUT2D eigenvalue weighted by molar-refractivity contribution is 7.14. The van der Waals surface area contributed by atoms with Crippen LogP contribution in [0.15, 0.2) is 48.5 Å². The first-order valence-electron chi connectivity index (χ1n) is 13.9. The van der Waals surface area contributed by atoms with Crippen LogP contribution in [0.5, 0.6) is 5.75 Å². The van der Waals surface area contributed by atoms with E-state index >= 15 is 0 Å². The quantitative estimate of drug-likeness (QED) is 0.151. The van der Waals surface area contributed by atoms with Crippen molar-refractivity contribution < 1.29 is 32.2 Å². The summed E-state index contributed by atoms with van der Waals surface area (Å²) in [5, 5.41) is 2.75. The maximum Gasteiger partial charge on any atom is 0.416 e. The molecule has 0 saturated heterocycles. The molecule has 1 aromatic heterocycles. The zero-order valence-corrected chi connectivity index (χ0v) is 24.8. The predicted octanol–water partition coefficient (Wildman–Crippen LogP) is 8.82. The molecule has 1 atom stereocenters. The fraction of sp³-hybridized carbons (Fsp3) is 0.438. The van der Waals surface area contributed by atoms with Crippen molar-refractivity contribution in [3.63, 3.8) is 0 Å². The zero-order chi connectivity index (χ0) is 30.0. The van der Waals surface area contributed by atoms with Gasteiger partial charge in [0.05, 0.1) is 24.0 Å². The number of ether oxygens (including phenoxy) is 2. The van der Waals surface area contributed by atoms with Crippen LogP contribution in [0.3, 0.4) is 0 Å². The Morgan fingerprint density at radius 3 is 2.22 bits per heavy atom. The highest BCUT2D eigenvalue weighted by Gasteiger charge is 2.30. The van der Waals surface area contributed by atoms with Gasteiger partial charge in [-0.1, -0.05) is 44.7 Å². The Labute approximate surface area is 244 Å². The molecule has 0 radical (unpaired) electrons. The summed E-state index contributed by atoms with van der Waals surface area (Å²) in [7, 11) is 1.31. The van der Waals surface area contributed by atoms with Crippen molar-refractivity contribution in [2.24, 2.45) is 0 Å². The molecule has 1 heterocycles. The van der Waals surface area contributed by atoms with Gasteiger partial charge in [0.25, 0.3) is 5.91 Å². The third-order valence-corrected chi connectivity index (χ3v) is 8.04. The van der Waals surface area contributed by atoms with Gasteiger partial charge < -0.3 is 14.8 Å². The number of nitrogens with one attached hydrogen (secondary N) is 1. The monoisotopic (exact) mass is 589 g/mol. The van der Waals surface area contributed by atoms with E-state index in [0.29, 0.717) is 16.2 Å². The number of unbranched alkanes of at least 4 members (excludes halogenated alkanes) is 4. The molecule has 41 heavy (non-hydrogen) atoms. The van der Waals surface area contributed by atoms with E-state index in [0.717, 1.165) is 65.8 Å². The van der Waals surface area contributed by atoms with E-state index in [1.807, 2.05) is 32.0 Å². The van der Waals surface area contributed by atoms with Gasteiger partial charge in [-0.25, -0.2) is 0 Å². The molecular weight excluding hydrogens is 551 g/mol. The molecule has 9 heteroatoms. The van der Waals surface area contributed by atoms with Gasteiger partial charge in [0.15, 0.2) is 0 Å². The molecule has 0 aliphatic carbocycles. The lowest BCUT2D eigenvalue weighted by atomic mass is 9.94. The summed E-state index contributed by atoms with van der Waals surface area (Å²) in [5.74, 6) is 0.0368. The summed E-state index contributed by atoms with van der Waals surface area (Å²) in [4.78, 5) is 25.4. The number of hydrogen-bond donors (Lipinski definition) is 1. The van der Waals surface area contributed by atoms with Gasteiger partial charge in [0.1, 0.15) is 11.9 Å². The van der Waals surface area contributed by atoms with E-state index in [-0.39, 0.29) is 30.9 Å². The number of methoxy groups -OCH3 is 1. The second-order valence-electron chi connectivity index (χ2n) is 10.1. The SMILES string of the molecule is CCCCCCCC(Oc1cc(C)c(-c2ccc(C(F)(F)F)cc2)c(C)c1)c1ccc(C(=O)NCCC(=O)OC)s1. The van der Waals surface area contributed by atoms with Crippen LogP contribution in [0.25, 0.3) is 11.1 Å². The molecule has 0 saturated carbocycles. The molecular formula is C32H38F3NO4S. The highest BCUT2D eigenvalue weighted by Crippen LogP contribution is 2.37. The lowest BCUT2D eigenvalue weighted by Gasteiger charge is -2.20. The van der Waals surface area contributed by atoms with Gasteiger partial charge in [0.2, 0.25) is 0 Å². The molecule has 3 rings (SSSR count). The molecule has 0 aliphatic heterocycles. The average molecular weight is 590 g/mol. The van der Waals surface area contributed by atoms with Crippen molar-refractivity contribution in [2.75, 3.05) is 13.7 Å². The van der Waals surface area contributed by atoms with Crippen molar-refractivity contribution in [1.82, 2.24) is 5.32 Å². The van der Waals surface area contributed by atoms with E-state index in [1.165, 1.54) is 37.0 Å². The largest absolute Gasteiger partial charge is 0.485 e. The molecule has 1 amide bonds. The van der Waals surface area contributed by atoms with Crippen LogP contribution in [-0.4, -0.2) is 25.5 Å². The van der Waals surface area contributed by atoms with Crippen LogP contribution in [0, 0.1) is 13.8 Å². The summed E-state index contributed by atoms with van der Waals surface area (Å²) in [5.41, 5.74) is 2.72. The van der Waals surface area contributed by atoms with Crippen LogP contribution < -0.4 is 10.1 Å². The first-order chi connectivity index (χ1) is 19.5. The minimum absolute atomic E-state index is 0.102. The van der Waals surface area contributed by atoms with Crippen molar-refractivity contribution in [3.05, 3.63) is 75.0 Å². The number of hydrogen-bond acceptors (Lipinski definition) is 5. The molecule has 0 fully saturated rings. The number of esters is 1. The van der Waals surface area contributed by atoms with Crippen LogP contribution in [-0.2, 0) is 15.7 Å². The van der Waals surface area contributed by atoms with Gasteiger partial charge in [-0.15, -0.1) is 11.3 Å². The lowest BCUT2D eigenvalue weighted by Crippen LogP contribution is -2.25. The standard InChI is InChI=1S/C32H38F3NO4S/c1-5-6-7-8-9-10-26(27-15-16-28(41-27)31(38)36-18-17-29(37)39-4)40-25-19-21(2)30(22(3)20-25)23-11-13-24(14-12-23)32(33,34)35/h11-16,19-20,26H,5-10,17-18H2,1-4H3,(H,36,38). The Morgan fingerprint density at radius 1 is 0.951 bits per heavy atom. The Kier molecular flexibility index (Phi) is 11.8. The van der Waals surface area contributed by atoms with E-state index in [9.17, 15) is 22.8 Å². The van der Waals surface area contributed by atoms with E-state index in [2.05, 4.69) is 17.0 Å². The van der Waals surface area contributed by atoms with Crippen LogP contribution >= 0.6 is 11.3 Å². The number of rotatable bonds is 14. The van der Waals surface area contributed by atoms with Crippen molar-refractivity contribution in [1.29, 1.82) is 0 Å². The third-order valence-electron chi connectivity index (χ3n) is 6.87. The first kappa shape index (κ1) is 32.2. The highest BCUT2D eigenvalue weighted by atomic mass is 32.1. The van der Waals surface area contributed by atoms with Crippen LogP contribution in [0.2, 0.25) is 0 Å². The van der Waals surface area contributed by atoms with Gasteiger partial charge in [0, 0.05) is 11.4 Å². The number of benzene rings is 2. The van der Waals surface area contributed by atoms with E-state index < -0.39 is 11.7 Å². The molecule has 1 unspecified atom stereocenters. The Morgan fingerprint density at radius 2 is 1.61 bits per heavy atom. The van der Waals surface area contributed by atoms with Crippen molar-refractivity contribution >= 4 is 23.2 Å². The third kappa shape index (κ3) is 9.35. The summed E-state index contributed by atoms with van der Waals surface area (Å²) in [6.07, 6.45) is 1.81. The van der Waals surface area contributed by atoms with Crippen molar-refractivity contribution in [2.45, 2.75) is 78.0 Å². The fourth-order valence-electron chi connectivity index (χ4n) is 4.75.